The van der Waals surface area contributed by atoms with Crippen LogP contribution in [0.15, 0.2) is 4.42 Å². The van der Waals surface area contributed by atoms with Crippen LogP contribution < -0.4 is 10.6 Å². The Hall–Kier alpha value is -0.950. The average Bonchev–Trinajstić information content (AvgIpc) is 2.73. The van der Waals surface area contributed by atoms with Gasteiger partial charge in [0.1, 0.15) is 0 Å². The summed E-state index contributed by atoms with van der Waals surface area (Å²) in [6.45, 7) is 5.54. The van der Waals surface area contributed by atoms with Crippen molar-refractivity contribution in [3.05, 3.63) is 5.89 Å². The van der Waals surface area contributed by atoms with Gasteiger partial charge in [0.15, 0.2) is 0 Å². The standard InChI is InChI=1S/C10H20N4O2S/c1-4-11-8(2)9-13-14-10(16-9)12-6-5-7-17(3)15/h8,11H,4-7H2,1-3H3,(H,12,14). The van der Waals surface area contributed by atoms with E-state index in [1.165, 1.54) is 0 Å². The van der Waals surface area contributed by atoms with E-state index >= 15 is 0 Å². The van der Waals surface area contributed by atoms with E-state index in [9.17, 15) is 4.21 Å². The maximum atomic E-state index is 10.8. The fourth-order valence-corrected chi connectivity index (χ4v) is 1.90. The van der Waals surface area contributed by atoms with E-state index in [4.69, 9.17) is 4.42 Å². The highest BCUT2D eigenvalue weighted by Gasteiger charge is 2.12. The molecule has 1 aromatic heterocycles. The SMILES string of the molecule is CCNC(C)c1nnc(NCCCS(C)=O)o1. The predicted octanol–water partition coefficient (Wildman–Crippen LogP) is 0.921. The first-order chi connectivity index (χ1) is 8.13. The smallest absolute Gasteiger partial charge is 0.315 e. The molecule has 0 radical (unpaired) electrons. The molecule has 2 atom stereocenters. The summed E-state index contributed by atoms with van der Waals surface area (Å²) in [5.41, 5.74) is 0. The summed E-state index contributed by atoms with van der Waals surface area (Å²) >= 11 is 0. The molecule has 17 heavy (non-hydrogen) atoms. The molecule has 2 unspecified atom stereocenters. The number of hydrogen-bond acceptors (Lipinski definition) is 6. The van der Waals surface area contributed by atoms with Crippen LogP contribution in [0, 0.1) is 0 Å². The van der Waals surface area contributed by atoms with Gasteiger partial charge in [-0.25, -0.2) is 0 Å². The van der Waals surface area contributed by atoms with Crippen molar-refractivity contribution >= 4 is 16.8 Å². The van der Waals surface area contributed by atoms with Gasteiger partial charge in [0.2, 0.25) is 5.89 Å². The van der Waals surface area contributed by atoms with Crippen LogP contribution in [0.1, 0.15) is 32.2 Å². The zero-order chi connectivity index (χ0) is 12.7. The maximum Gasteiger partial charge on any atom is 0.315 e. The van der Waals surface area contributed by atoms with Crippen LogP contribution in [0.3, 0.4) is 0 Å². The quantitative estimate of drug-likeness (QED) is 0.677. The molecule has 0 bridgehead atoms. The molecule has 0 aliphatic heterocycles. The Balaban J connectivity index is 2.32. The van der Waals surface area contributed by atoms with Gasteiger partial charge in [-0.15, -0.1) is 5.10 Å². The highest BCUT2D eigenvalue weighted by molar-refractivity contribution is 7.84. The summed E-state index contributed by atoms with van der Waals surface area (Å²) in [6, 6.07) is 0.484. The van der Waals surface area contributed by atoms with Crippen molar-refractivity contribution < 1.29 is 8.63 Å². The van der Waals surface area contributed by atoms with Gasteiger partial charge in [0, 0.05) is 29.4 Å². The summed E-state index contributed by atoms with van der Waals surface area (Å²) in [5.74, 6) is 1.26. The van der Waals surface area contributed by atoms with Crippen molar-refractivity contribution in [3.8, 4) is 0 Å². The molecule has 2 N–H and O–H groups in total. The third kappa shape index (κ3) is 5.27. The number of hydrogen-bond donors (Lipinski definition) is 2. The van der Waals surface area contributed by atoms with Crippen LogP contribution in [0.25, 0.3) is 0 Å². The van der Waals surface area contributed by atoms with E-state index < -0.39 is 10.8 Å². The van der Waals surface area contributed by atoms with Crippen molar-refractivity contribution in [2.75, 3.05) is 30.4 Å². The highest BCUT2D eigenvalue weighted by atomic mass is 32.2. The summed E-state index contributed by atoms with van der Waals surface area (Å²) in [5, 5.41) is 14.0. The van der Waals surface area contributed by atoms with Gasteiger partial charge in [0.05, 0.1) is 6.04 Å². The molecule has 1 rings (SSSR count). The second kappa shape index (κ2) is 7.39. The average molecular weight is 260 g/mol. The molecule has 1 heterocycles. The fraction of sp³-hybridized carbons (Fsp3) is 0.800. The summed E-state index contributed by atoms with van der Waals surface area (Å²) in [4.78, 5) is 0. The molecule has 0 aliphatic rings. The second-order valence-electron chi connectivity index (χ2n) is 3.78. The Morgan fingerprint density at radius 1 is 1.47 bits per heavy atom. The molecule has 0 spiro atoms. The van der Waals surface area contributed by atoms with Crippen molar-refractivity contribution in [2.24, 2.45) is 0 Å². The van der Waals surface area contributed by atoms with Gasteiger partial charge in [-0.2, -0.15) is 0 Å². The molecule has 7 heteroatoms. The highest BCUT2D eigenvalue weighted by Crippen LogP contribution is 2.13. The van der Waals surface area contributed by atoms with E-state index in [-0.39, 0.29) is 6.04 Å². The van der Waals surface area contributed by atoms with Crippen molar-refractivity contribution in [3.63, 3.8) is 0 Å². The van der Waals surface area contributed by atoms with Crippen molar-refractivity contribution in [2.45, 2.75) is 26.3 Å². The van der Waals surface area contributed by atoms with Gasteiger partial charge < -0.3 is 15.1 Å². The largest absolute Gasteiger partial charge is 0.406 e. The first-order valence-corrected chi connectivity index (χ1v) is 7.47. The topological polar surface area (TPSA) is 80.0 Å². The van der Waals surface area contributed by atoms with E-state index in [2.05, 4.69) is 20.8 Å². The van der Waals surface area contributed by atoms with Gasteiger partial charge in [0.25, 0.3) is 0 Å². The molecule has 0 fully saturated rings. The lowest BCUT2D eigenvalue weighted by molar-refractivity contribution is 0.429. The number of anilines is 1. The molecular weight excluding hydrogens is 240 g/mol. The van der Waals surface area contributed by atoms with E-state index in [0.717, 1.165) is 13.0 Å². The minimum atomic E-state index is -0.745. The Morgan fingerprint density at radius 2 is 2.24 bits per heavy atom. The molecule has 0 aliphatic carbocycles. The minimum Gasteiger partial charge on any atom is -0.406 e. The van der Waals surface area contributed by atoms with Crippen LogP contribution >= 0.6 is 0 Å². The van der Waals surface area contributed by atoms with E-state index in [1.807, 2.05) is 13.8 Å². The number of nitrogens with one attached hydrogen (secondary N) is 2. The monoisotopic (exact) mass is 260 g/mol. The summed E-state index contributed by atoms with van der Waals surface area (Å²) < 4.78 is 16.3. The normalized spacial score (nSPS) is 14.5. The fourth-order valence-electron chi connectivity index (χ4n) is 1.35. The Bertz CT molecular complexity index is 356. The van der Waals surface area contributed by atoms with Gasteiger partial charge >= 0.3 is 6.01 Å². The van der Waals surface area contributed by atoms with Crippen molar-refractivity contribution in [1.82, 2.24) is 15.5 Å². The molecule has 98 valence electrons. The Kier molecular flexibility index (Phi) is 6.13. The number of aromatic nitrogens is 2. The molecule has 0 aromatic carbocycles. The molecule has 0 saturated carbocycles. The number of nitrogens with zero attached hydrogens (tertiary/aromatic N) is 2. The maximum absolute atomic E-state index is 10.8. The van der Waals surface area contributed by atoms with Gasteiger partial charge in [-0.3, -0.25) is 4.21 Å². The van der Waals surface area contributed by atoms with Crippen LogP contribution in [0.4, 0.5) is 6.01 Å². The lowest BCUT2D eigenvalue weighted by Gasteiger charge is -2.05. The van der Waals surface area contributed by atoms with Crippen LogP contribution in [-0.4, -0.2) is 39.5 Å². The lowest BCUT2D eigenvalue weighted by Crippen LogP contribution is -2.17. The molecule has 0 amide bonds. The third-order valence-corrected chi connectivity index (χ3v) is 3.07. The molecule has 1 aromatic rings. The third-order valence-electron chi connectivity index (χ3n) is 2.21. The minimum absolute atomic E-state index is 0.0613. The number of rotatable bonds is 8. The van der Waals surface area contributed by atoms with E-state index in [1.54, 1.807) is 6.26 Å². The second-order valence-corrected chi connectivity index (χ2v) is 5.34. The first kappa shape index (κ1) is 14.1. The van der Waals surface area contributed by atoms with Crippen LogP contribution in [0.5, 0.6) is 0 Å². The Labute approximate surface area is 104 Å². The summed E-state index contributed by atoms with van der Waals surface area (Å²) in [6.07, 6.45) is 2.52. The predicted molar refractivity (Wildman–Crippen MR) is 68.4 cm³/mol. The zero-order valence-corrected chi connectivity index (χ0v) is 11.3. The Morgan fingerprint density at radius 3 is 2.88 bits per heavy atom. The van der Waals surface area contributed by atoms with Gasteiger partial charge in [-0.1, -0.05) is 12.0 Å². The van der Waals surface area contributed by atoms with Crippen LogP contribution in [-0.2, 0) is 10.8 Å². The van der Waals surface area contributed by atoms with Crippen molar-refractivity contribution in [1.29, 1.82) is 0 Å². The zero-order valence-electron chi connectivity index (χ0n) is 10.5. The molecule has 0 saturated heterocycles. The molecule has 6 nitrogen and oxygen atoms in total. The van der Waals surface area contributed by atoms with Gasteiger partial charge in [-0.05, 0) is 19.9 Å². The van der Waals surface area contributed by atoms with Crippen LogP contribution in [0.2, 0.25) is 0 Å². The molecular formula is C10H20N4O2S. The summed E-state index contributed by atoms with van der Waals surface area (Å²) in [7, 11) is -0.745. The van der Waals surface area contributed by atoms with E-state index in [0.29, 0.717) is 24.2 Å². The first-order valence-electron chi connectivity index (χ1n) is 5.74. The lowest BCUT2D eigenvalue weighted by atomic mass is 10.3.